The van der Waals surface area contributed by atoms with Gasteiger partial charge in [0.25, 0.3) is 0 Å². The van der Waals surface area contributed by atoms with Crippen LogP contribution in [0.4, 0.5) is 0 Å². The first-order chi connectivity index (χ1) is 11.0. The van der Waals surface area contributed by atoms with Gasteiger partial charge < -0.3 is 5.32 Å². The second-order valence-electron chi connectivity index (χ2n) is 6.09. The number of amides is 1. The molecule has 1 aliphatic heterocycles. The first-order valence-corrected chi connectivity index (χ1v) is 8.82. The number of nitrogens with one attached hydrogen (secondary N) is 1. The van der Waals surface area contributed by atoms with Gasteiger partial charge in [-0.3, -0.25) is 9.69 Å². The van der Waals surface area contributed by atoms with Crippen molar-refractivity contribution < 1.29 is 4.79 Å². The van der Waals surface area contributed by atoms with Gasteiger partial charge in [0.15, 0.2) is 5.17 Å². The number of nitrogens with zero attached hydrogens (tertiary/aromatic N) is 3. The van der Waals surface area contributed by atoms with Crippen molar-refractivity contribution in [3.05, 3.63) is 35.4 Å². The van der Waals surface area contributed by atoms with Crippen LogP contribution in [-0.4, -0.2) is 40.0 Å². The highest BCUT2D eigenvalue weighted by Crippen LogP contribution is 2.13. The molecule has 5 nitrogen and oxygen atoms in total. The molecular weight excluding hydrogens is 308 g/mol. The number of benzene rings is 1. The van der Waals surface area contributed by atoms with E-state index in [4.69, 9.17) is 0 Å². The Morgan fingerprint density at radius 1 is 1.30 bits per heavy atom. The van der Waals surface area contributed by atoms with Gasteiger partial charge in [0, 0.05) is 18.6 Å². The number of amidine groups is 1. The second kappa shape index (κ2) is 8.26. The number of hydrogen-bond donors (Lipinski definition) is 1. The zero-order valence-electron chi connectivity index (χ0n) is 14.1. The van der Waals surface area contributed by atoms with Crippen LogP contribution in [0, 0.1) is 0 Å². The van der Waals surface area contributed by atoms with Crippen molar-refractivity contribution in [2.75, 3.05) is 5.75 Å². The Hall–Kier alpha value is -1.66. The predicted octanol–water partition coefficient (Wildman–Crippen LogP) is 2.86. The third-order valence-electron chi connectivity index (χ3n) is 3.58. The quantitative estimate of drug-likeness (QED) is 0.644. The molecular formula is C17H24N4OS. The smallest absolute Gasteiger partial charge is 0.236 e. The van der Waals surface area contributed by atoms with E-state index < -0.39 is 0 Å². The standard InChI is InChI=1S/C17H24N4OS/c1-12(2)21(13(3)4)10-15-7-5-6-14(8-15)9-18-20-17-19-16(22)11-23-17/h5-9,12-13H,10-11H2,1-4H3,(H,19,20,22). The van der Waals surface area contributed by atoms with Crippen LogP contribution in [-0.2, 0) is 11.3 Å². The fourth-order valence-electron chi connectivity index (χ4n) is 2.47. The summed E-state index contributed by atoms with van der Waals surface area (Å²) >= 11 is 1.37. The van der Waals surface area contributed by atoms with Gasteiger partial charge in [0.2, 0.25) is 5.91 Å². The SMILES string of the molecule is CC(C)N(Cc1cccc(C=NN=C2NC(=O)CS2)c1)C(C)C. The monoisotopic (exact) mass is 332 g/mol. The van der Waals surface area contributed by atoms with Crippen LogP contribution in [0.3, 0.4) is 0 Å². The molecule has 1 amide bonds. The van der Waals surface area contributed by atoms with E-state index in [1.165, 1.54) is 17.3 Å². The summed E-state index contributed by atoms with van der Waals surface area (Å²) in [5.74, 6) is 0.401. The third kappa shape index (κ3) is 5.48. The molecule has 0 aromatic heterocycles. The highest BCUT2D eigenvalue weighted by molar-refractivity contribution is 8.15. The Morgan fingerprint density at radius 2 is 2.04 bits per heavy atom. The molecule has 0 bridgehead atoms. The molecule has 6 heteroatoms. The van der Waals surface area contributed by atoms with Crippen LogP contribution in [0.15, 0.2) is 34.5 Å². The summed E-state index contributed by atoms with van der Waals surface area (Å²) < 4.78 is 0. The molecule has 0 aliphatic carbocycles. The van der Waals surface area contributed by atoms with Crippen LogP contribution >= 0.6 is 11.8 Å². The van der Waals surface area contributed by atoms with E-state index in [1.54, 1.807) is 6.21 Å². The Bertz CT molecular complexity index is 602. The van der Waals surface area contributed by atoms with E-state index in [-0.39, 0.29) is 5.91 Å². The van der Waals surface area contributed by atoms with Crippen molar-refractivity contribution in [1.29, 1.82) is 0 Å². The van der Waals surface area contributed by atoms with E-state index in [2.05, 4.69) is 60.2 Å². The molecule has 1 heterocycles. The maximum Gasteiger partial charge on any atom is 0.236 e. The first kappa shape index (κ1) is 17.7. The zero-order valence-corrected chi connectivity index (χ0v) is 14.9. The van der Waals surface area contributed by atoms with Gasteiger partial charge in [-0.05, 0) is 44.9 Å². The Morgan fingerprint density at radius 3 is 2.65 bits per heavy atom. The van der Waals surface area contributed by atoms with E-state index in [0.717, 1.165) is 12.1 Å². The summed E-state index contributed by atoms with van der Waals surface area (Å²) in [5.41, 5.74) is 2.26. The van der Waals surface area contributed by atoms with Gasteiger partial charge in [-0.2, -0.15) is 5.10 Å². The molecule has 2 rings (SSSR count). The van der Waals surface area contributed by atoms with Crippen LogP contribution in [0.5, 0.6) is 0 Å². The summed E-state index contributed by atoms with van der Waals surface area (Å²) in [4.78, 5) is 13.5. The van der Waals surface area contributed by atoms with Crippen molar-refractivity contribution in [3.63, 3.8) is 0 Å². The Kier molecular flexibility index (Phi) is 6.36. The fraction of sp³-hybridized carbons (Fsp3) is 0.471. The molecule has 0 spiro atoms. The van der Waals surface area contributed by atoms with Crippen molar-refractivity contribution >= 4 is 29.1 Å². The molecule has 0 saturated carbocycles. The molecule has 0 unspecified atom stereocenters. The minimum Gasteiger partial charge on any atom is -0.303 e. The third-order valence-corrected chi connectivity index (χ3v) is 4.45. The molecule has 0 radical (unpaired) electrons. The lowest BCUT2D eigenvalue weighted by atomic mass is 10.1. The van der Waals surface area contributed by atoms with E-state index >= 15 is 0 Å². The molecule has 1 fully saturated rings. The maximum absolute atomic E-state index is 11.1. The predicted molar refractivity (Wildman–Crippen MR) is 97.9 cm³/mol. The summed E-state index contributed by atoms with van der Waals surface area (Å²) in [7, 11) is 0. The number of carbonyl (C=O) groups is 1. The number of hydrogen-bond acceptors (Lipinski definition) is 5. The maximum atomic E-state index is 11.1. The van der Waals surface area contributed by atoms with Gasteiger partial charge in [0.1, 0.15) is 0 Å². The Labute approximate surface area is 142 Å². The van der Waals surface area contributed by atoms with Crippen LogP contribution in [0.25, 0.3) is 0 Å². The summed E-state index contributed by atoms with van der Waals surface area (Å²) in [6.07, 6.45) is 1.72. The summed E-state index contributed by atoms with van der Waals surface area (Å²) in [6.45, 7) is 9.78. The molecule has 1 aromatic rings. The van der Waals surface area contributed by atoms with E-state index in [1.807, 2.05) is 12.1 Å². The molecule has 1 aromatic carbocycles. The van der Waals surface area contributed by atoms with Gasteiger partial charge in [0.05, 0.1) is 12.0 Å². The first-order valence-electron chi connectivity index (χ1n) is 7.84. The highest BCUT2D eigenvalue weighted by Gasteiger charge is 2.16. The van der Waals surface area contributed by atoms with Crippen LogP contribution < -0.4 is 5.32 Å². The minimum atomic E-state index is -0.0200. The van der Waals surface area contributed by atoms with Gasteiger partial charge in [-0.25, -0.2) is 0 Å². The van der Waals surface area contributed by atoms with Crippen molar-refractivity contribution in [2.24, 2.45) is 10.2 Å². The lowest BCUT2D eigenvalue weighted by Gasteiger charge is -2.30. The topological polar surface area (TPSA) is 57.1 Å². The van der Waals surface area contributed by atoms with Crippen LogP contribution in [0.1, 0.15) is 38.8 Å². The average Bonchev–Trinajstić information content (AvgIpc) is 2.90. The van der Waals surface area contributed by atoms with Gasteiger partial charge in [-0.15, -0.1) is 5.10 Å². The zero-order chi connectivity index (χ0) is 16.8. The summed E-state index contributed by atoms with van der Waals surface area (Å²) in [6, 6.07) is 9.30. The number of rotatable bonds is 6. The van der Waals surface area contributed by atoms with Gasteiger partial charge in [-0.1, -0.05) is 30.0 Å². The molecule has 124 valence electrons. The fourth-order valence-corrected chi connectivity index (χ4v) is 3.10. The molecule has 1 N–H and O–H groups in total. The minimum absolute atomic E-state index is 0.0200. The number of thioether (sulfide) groups is 1. The Balaban J connectivity index is 2.03. The molecule has 23 heavy (non-hydrogen) atoms. The molecule has 1 aliphatic rings. The number of carbonyl (C=O) groups excluding carboxylic acids is 1. The second-order valence-corrected chi connectivity index (χ2v) is 7.06. The van der Waals surface area contributed by atoms with Crippen molar-refractivity contribution in [2.45, 2.75) is 46.3 Å². The average molecular weight is 332 g/mol. The molecule has 1 saturated heterocycles. The largest absolute Gasteiger partial charge is 0.303 e. The van der Waals surface area contributed by atoms with Gasteiger partial charge >= 0.3 is 0 Å². The van der Waals surface area contributed by atoms with Crippen LogP contribution in [0.2, 0.25) is 0 Å². The van der Waals surface area contributed by atoms with Crippen molar-refractivity contribution in [1.82, 2.24) is 10.2 Å². The molecule has 0 atom stereocenters. The van der Waals surface area contributed by atoms with Crippen molar-refractivity contribution in [3.8, 4) is 0 Å². The normalized spacial score (nSPS) is 17.2. The lowest BCUT2D eigenvalue weighted by molar-refractivity contribution is -0.116. The highest BCUT2D eigenvalue weighted by atomic mass is 32.2. The summed E-state index contributed by atoms with van der Waals surface area (Å²) in [5, 5.41) is 11.3. The van der Waals surface area contributed by atoms with E-state index in [0.29, 0.717) is 23.0 Å². The lowest BCUT2D eigenvalue weighted by Crippen LogP contribution is -2.36. The van der Waals surface area contributed by atoms with E-state index in [9.17, 15) is 4.79 Å².